The third-order valence-corrected chi connectivity index (χ3v) is 2.93. The van der Waals surface area contributed by atoms with Gasteiger partial charge in [0.25, 0.3) is 0 Å². The van der Waals surface area contributed by atoms with Crippen molar-refractivity contribution in [3.8, 4) is 0 Å². The summed E-state index contributed by atoms with van der Waals surface area (Å²) >= 11 is 0. The third-order valence-electron chi connectivity index (χ3n) is 1.89. The molecular formula is C7H13NO2S. The molecule has 11 heavy (non-hydrogen) atoms. The maximum Gasteiger partial charge on any atom is 0.147 e. The quantitative estimate of drug-likeness (QED) is 0.604. The van der Waals surface area contributed by atoms with Crippen LogP contribution in [0.25, 0.3) is 0 Å². The molecule has 64 valence electrons. The van der Waals surface area contributed by atoms with Crippen molar-refractivity contribution in [1.82, 2.24) is 5.32 Å². The highest BCUT2D eigenvalue weighted by molar-refractivity contribution is 7.90. The van der Waals surface area contributed by atoms with Crippen LogP contribution >= 0.6 is 0 Å². The van der Waals surface area contributed by atoms with E-state index in [0.717, 1.165) is 6.54 Å². The number of sulfone groups is 1. The first kappa shape index (κ1) is 8.74. The summed E-state index contributed by atoms with van der Waals surface area (Å²) in [6.45, 7) is 4.40. The van der Waals surface area contributed by atoms with Crippen LogP contribution in [-0.2, 0) is 9.84 Å². The Morgan fingerprint density at radius 3 is 2.64 bits per heavy atom. The zero-order valence-electron chi connectivity index (χ0n) is 6.58. The Morgan fingerprint density at radius 1 is 1.73 bits per heavy atom. The third kappa shape index (κ3) is 2.31. The molecule has 0 unspecified atom stereocenters. The summed E-state index contributed by atoms with van der Waals surface area (Å²) in [6.07, 6.45) is 3.03. The van der Waals surface area contributed by atoms with Gasteiger partial charge in [0.15, 0.2) is 0 Å². The summed E-state index contributed by atoms with van der Waals surface area (Å²) in [7, 11) is -2.82. The van der Waals surface area contributed by atoms with Gasteiger partial charge in [-0.2, -0.15) is 0 Å². The number of rotatable bonds is 3. The second kappa shape index (κ2) is 2.95. The number of nitrogens with one attached hydrogen (secondary N) is 1. The van der Waals surface area contributed by atoms with E-state index in [2.05, 4.69) is 11.9 Å². The molecule has 0 aliphatic carbocycles. The van der Waals surface area contributed by atoms with Crippen LogP contribution in [0, 0.1) is 5.92 Å². The fraction of sp³-hybridized carbons (Fsp3) is 0.714. The molecule has 1 saturated heterocycles. The Morgan fingerprint density at radius 2 is 2.36 bits per heavy atom. The van der Waals surface area contributed by atoms with Crippen molar-refractivity contribution in [2.24, 2.45) is 5.92 Å². The van der Waals surface area contributed by atoms with Crippen molar-refractivity contribution < 1.29 is 8.42 Å². The lowest BCUT2D eigenvalue weighted by Gasteiger charge is -2.35. The van der Waals surface area contributed by atoms with Crippen LogP contribution in [0.2, 0.25) is 0 Å². The maximum absolute atomic E-state index is 10.8. The fourth-order valence-corrected chi connectivity index (χ4v) is 2.35. The van der Waals surface area contributed by atoms with E-state index in [9.17, 15) is 8.42 Å². The molecular weight excluding hydrogens is 162 g/mol. The zero-order valence-corrected chi connectivity index (χ0v) is 7.39. The number of hydrogen-bond donors (Lipinski definition) is 1. The van der Waals surface area contributed by atoms with Crippen LogP contribution in [0.3, 0.4) is 0 Å². The van der Waals surface area contributed by atoms with E-state index >= 15 is 0 Å². The molecule has 1 aliphatic rings. The average Bonchev–Trinajstić information content (AvgIpc) is 1.80. The lowest BCUT2D eigenvalue weighted by atomic mass is 9.94. The molecule has 3 nitrogen and oxygen atoms in total. The second-order valence-corrected chi connectivity index (χ2v) is 5.21. The van der Waals surface area contributed by atoms with Crippen molar-refractivity contribution in [1.29, 1.82) is 0 Å². The van der Waals surface area contributed by atoms with Crippen molar-refractivity contribution in [2.75, 3.05) is 18.6 Å². The summed E-state index contributed by atoms with van der Waals surface area (Å²) in [5.41, 5.74) is 0. The molecule has 1 aliphatic heterocycles. The van der Waals surface area contributed by atoms with Crippen LogP contribution in [0.5, 0.6) is 0 Å². The molecule has 0 aromatic rings. The molecule has 4 heteroatoms. The Hall–Kier alpha value is -0.350. The van der Waals surface area contributed by atoms with Gasteiger partial charge in [-0.15, -0.1) is 6.58 Å². The summed E-state index contributed by atoms with van der Waals surface area (Å²) in [5, 5.41) is 3.09. The highest BCUT2D eigenvalue weighted by Gasteiger charge is 2.30. The van der Waals surface area contributed by atoms with Gasteiger partial charge in [0.1, 0.15) is 9.84 Å². The first-order chi connectivity index (χ1) is 5.03. The summed E-state index contributed by atoms with van der Waals surface area (Å²) in [4.78, 5) is 0. The molecule has 0 radical (unpaired) electrons. The van der Waals surface area contributed by atoms with Gasteiger partial charge >= 0.3 is 0 Å². The Balaban J connectivity index is 2.46. The molecule has 1 N–H and O–H groups in total. The first-order valence-electron chi connectivity index (χ1n) is 3.56. The molecule has 2 atom stereocenters. The summed E-state index contributed by atoms with van der Waals surface area (Å²) in [6, 6.07) is 0.199. The van der Waals surface area contributed by atoms with Crippen LogP contribution in [-0.4, -0.2) is 33.0 Å². The van der Waals surface area contributed by atoms with Crippen LogP contribution in [0.1, 0.15) is 0 Å². The van der Waals surface area contributed by atoms with Crippen molar-refractivity contribution in [3.63, 3.8) is 0 Å². The van der Waals surface area contributed by atoms with Crippen LogP contribution < -0.4 is 5.32 Å². The molecule has 0 spiro atoms. The minimum absolute atomic E-state index is 0.199. The van der Waals surface area contributed by atoms with E-state index in [1.807, 2.05) is 0 Å². The SMILES string of the molecule is C=C[C@H]1NC[C@@H]1CS(C)(=O)=O. The monoisotopic (exact) mass is 175 g/mol. The minimum atomic E-state index is -2.82. The van der Waals surface area contributed by atoms with Gasteiger partial charge < -0.3 is 5.32 Å². The van der Waals surface area contributed by atoms with Gasteiger partial charge in [0, 0.05) is 24.8 Å². The predicted octanol–water partition coefficient (Wildman–Crippen LogP) is -0.195. The van der Waals surface area contributed by atoms with Gasteiger partial charge in [-0.25, -0.2) is 8.42 Å². The lowest BCUT2D eigenvalue weighted by Crippen LogP contribution is -2.54. The maximum atomic E-state index is 10.8. The summed E-state index contributed by atoms with van der Waals surface area (Å²) < 4.78 is 21.7. The minimum Gasteiger partial charge on any atom is -0.310 e. The summed E-state index contributed by atoms with van der Waals surface area (Å²) in [5.74, 6) is 0.513. The van der Waals surface area contributed by atoms with Crippen LogP contribution in [0.4, 0.5) is 0 Å². The second-order valence-electron chi connectivity index (χ2n) is 3.02. The van der Waals surface area contributed by atoms with E-state index < -0.39 is 9.84 Å². The highest BCUT2D eigenvalue weighted by Crippen LogP contribution is 2.15. The Kier molecular flexibility index (Phi) is 2.34. The van der Waals surface area contributed by atoms with Crippen molar-refractivity contribution in [3.05, 3.63) is 12.7 Å². The van der Waals surface area contributed by atoms with Gasteiger partial charge in [0.2, 0.25) is 0 Å². The highest BCUT2D eigenvalue weighted by atomic mass is 32.2. The van der Waals surface area contributed by atoms with Gasteiger partial charge in [-0.1, -0.05) is 6.08 Å². The first-order valence-corrected chi connectivity index (χ1v) is 5.62. The largest absolute Gasteiger partial charge is 0.310 e. The predicted molar refractivity (Wildman–Crippen MR) is 45.2 cm³/mol. The average molecular weight is 175 g/mol. The topological polar surface area (TPSA) is 46.2 Å². The molecule has 1 fully saturated rings. The standard InChI is InChI=1S/C7H13NO2S/c1-3-7-6(4-8-7)5-11(2,9)10/h3,6-8H,1,4-5H2,2H3/t6-,7-/m1/s1. The lowest BCUT2D eigenvalue weighted by molar-refractivity contribution is 0.305. The van der Waals surface area contributed by atoms with E-state index in [1.54, 1.807) is 6.08 Å². The van der Waals surface area contributed by atoms with E-state index in [1.165, 1.54) is 6.26 Å². The van der Waals surface area contributed by atoms with E-state index in [0.29, 0.717) is 0 Å². The van der Waals surface area contributed by atoms with E-state index in [4.69, 9.17) is 0 Å². The molecule has 0 aromatic heterocycles. The molecule has 0 bridgehead atoms. The van der Waals surface area contributed by atoms with Gasteiger partial charge in [-0.05, 0) is 0 Å². The van der Waals surface area contributed by atoms with Gasteiger partial charge in [-0.3, -0.25) is 0 Å². The van der Waals surface area contributed by atoms with Crippen molar-refractivity contribution in [2.45, 2.75) is 6.04 Å². The Bertz CT molecular complexity index is 245. The smallest absolute Gasteiger partial charge is 0.147 e. The molecule has 1 heterocycles. The Labute approximate surface area is 67.4 Å². The molecule has 1 rings (SSSR count). The van der Waals surface area contributed by atoms with Crippen molar-refractivity contribution >= 4 is 9.84 Å². The van der Waals surface area contributed by atoms with Gasteiger partial charge in [0.05, 0.1) is 5.75 Å². The number of hydrogen-bond acceptors (Lipinski definition) is 3. The van der Waals surface area contributed by atoms with Crippen LogP contribution in [0.15, 0.2) is 12.7 Å². The zero-order chi connectivity index (χ0) is 8.48. The molecule has 0 amide bonds. The fourth-order valence-electron chi connectivity index (χ4n) is 1.25. The van der Waals surface area contributed by atoms with E-state index in [-0.39, 0.29) is 17.7 Å². The molecule has 0 saturated carbocycles. The normalized spacial score (nSPS) is 31.0. The molecule has 0 aromatic carbocycles.